The van der Waals surface area contributed by atoms with Gasteiger partial charge in [0.25, 0.3) is 0 Å². The van der Waals surface area contributed by atoms with E-state index < -0.39 is 0 Å². The summed E-state index contributed by atoms with van der Waals surface area (Å²) in [4.78, 5) is 18.4. The van der Waals surface area contributed by atoms with Crippen molar-refractivity contribution in [1.82, 2.24) is 4.98 Å². The molecule has 1 amide bonds. The first-order valence-electron chi connectivity index (χ1n) is 7.26. The first kappa shape index (κ1) is 13.8. The normalized spacial score (nSPS) is 14.2. The number of hydrogen-bond donors (Lipinski definition) is 1. The smallest absolute Gasteiger partial charge is 0.227 e. The summed E-state index contributed by atoms with van der Waals surface area (Å²) in [6.45, 7) is 6.39. The van der Waals surface area contributed by atoms with Crippen LogP contribution in [0.25, 0.3) is 0 Å². The predicted octanol–water partition coefficient (Wildman–Crippen LogP) is 3.06. The van der Waals surface area contributed by atoms with Gasteiger partial charge in [-0.05, 0) is 37.8 Å². The van der Waals surface area contributed by atoms with Gasteiger partial charge in [0.1, 0.15) is 5.82 Å². The molecule has 1 aliphatic carbocycles. The van der Waals surface area contributed by atoms with Crippen molar-refractivity contribution in [3.63, 3.8) is 0 Å². The van der Waals surface area contributed by atoms with E-state index in [4.69, 9.17) is 0 Å². The molecule has 0 aromatic carbocycles. The topological polar surface area (TPSA) is 45.2 Å². The Labute approximate surface area is 115 Å². The summed E-state index contributed by atoms with van der Waals surface area (Å²) in [5.41, 5.74) is 0.800. The third-order valence-electron chi connectivity index (χ3n) is 3.27. The third-order valence-corrected chi connectivity index (χ3v) is 3.27. The highest BCUT2D eigenvalue weighted by Crippen LogP contribution is 2.30. The van der Waals surface area contributed by atoms with Gasteiger partial charge >= 0.3 is 0 Å². The van der Waals surface area contributed by atoms with Crippen LogP contribution in [0.4, 0.5) is 11.5 Å². The van der Waals surface area contributed by atoms with Crippen molar-refractivity contribution in [2.24, 2.45) is 5.92 Å². The Balaban J connectivity index is 1.97. The quantitative estimate of drug-likeness (QED) is 0.820. The molecule has 1 aromatic heterocycles. The van der Waals surface area contributed by atoms with E-state index in [1.165, 1.54) is 0 Å². The lowest BCUT2D eigenvalue weighted by atomic mass is 10.3. The second kappa shape index (κ2) is 6.55. The van der Waals surface area contributed by atoms with E-state index in [2.05, 4.69) is 29.0 Å². The van der Waals surface area contributed by atoms with E-state index in [0.717, 1.165) is 50.3 Å². The van der Waals surface area contributed by atoms with Gasteiger partial charge in [0.2, 0.25) is 5.91 Å². The van der Waals surface area contributed by atoms with Gasteiger partial charge in [-0.15, -0.1) is 0 Å². The average molecular weight is 261 g/mol. The van der Waals surface area contributed by atoms with Gasteiger partial charge in [0.15, 0.2) is 0 Å². The highest BCUT2D eigenvalue weighted by atomic mass is 16.2. The Kier molecular flexibility index (Phi) is 4.77. The molecule has 1 aliphatic rings. The number of aromatic nitrogens is 1. The number of carbonyl (C=O) groups is 1. The minimum Gasteiger partial charge on any atom is -0.357 e. The van der Waals surface area contributed by atoms with Crippen molar-refractivity contribution in [2.75, 3.05) is 23.3 Å². The van der Waals surface area contributed by atoms with Crippen LogP contribution in [-0.2, 0) is 4.79 Å². The maximum atomic E-state index is 11.6. The standard InChI is InChI=1S/C15H23N3O/c1-3-9-18(10-4-2)14-8-7-13(11-16-14)17-15(19)12-5-6-12/h7-8,11-12H,3-6,9-10H2,1-2H3,(H,17,19). The second-order valence-electron chi connectivity index (χ2n) is 5.16. The molecule has 1 saturated carbocycles. The summed E-state index contributed by atoms with van der Waals surface area (Å²) in [5, 5.41) is 2.91. The van der Waals surface area contributed by atoms with Crippen LogP contribution in [0.3, 0.4) is 0 Å². The van der Waals surface area contributed by atoms with Crippen molar-refractivity contribution in [3.05, 3.63) is 18.3 Å². The number of rotatable bonds is 7. The number of anilines is 2. The van der Waals surface area contributed by atoms with E-state index in [0.29, 0.717) is 0 Å². The number of nitrogens with one attached hydrogen (secondary N) is 1. The van der Waals surface area contributed by atoms with Gasteiger partial charge in [-0.3, -0.25) is 4.79 Å². The van der Waals surface area contributed by atoms with Crippen LogP contribution < -0.4 is 10.2 Å². The SMILES string of the molecule is CCCN(CCC)c1ccc(NC(=O)C2CC2)cn1. The fourth-order valence-corrected chi connectivity index (χ4v) is 2.12. The number of hydrogen-bond acceptors (Lipinski definition) is 3. The molecule has 1 fully saturated rings. The van der Waals surface area contributed by atoms with Gasteiger partial charge in [-0.25, -0.2) is 4.98 Å². The molecule has 0 bridgehead atoms. The Hall–Kier alpha value is -1.58. The molecule has 104 valence electrons. The maximum Gasteiger partial charge on any atom is 0.227 e. The number of amides is 1. The molecule has 19 heavy (non-hydrogen) atoms. The maximum absolute atomic E-state index is 11.6. The summed E-state index contributed by atoms with van der Waals surface area (Å²) in [7, 11) is 0. The number of pyridine rings is 1. The fraction of sp³-hybridized carbons (Fsp3) is 0.600. The fourth-order valence-electron chi connectivity index (χ4n) is 2.12. The minimum atomic E-state index is 0.133. The number of carbonyl (C=O) groups excluding carboxylic acids is 1. The molecule has 0 radical (unpaired) electrons. The number of nitrogens with zero attached hydrogens (tertiary/aromatic N) is 2. The lowest BCUT2D eigenvalue weighted by Gasteiger charge is -2.22. The highest BCUT2D eigenvalue weighted by molar-refractivity contribution is 5.93. The lowest BCUT2D eigenvalue weighted by molar-refractivity contribution is -0.117. The summed E-state index contributed by atoms with van der Waals surface area (Å²) >= 11 is 0. The van der Waals surface area contributed by atoms with Gasteiger partial charge in [0, 0.05) is 19.0 Å². The van der Waals surface area contributed by atoms with Crippen LogP contribution in [0.5, 0.6) is 0 Å². The van der Waals surface area contributed by atoms with Crippen molar-refractivity contribution >= 4 is 17.4 Å². The van der Waals surface area contributed by atoms with Crippen molar-refractivity contribution in [3.8, 4) is 0 Å². The molecular weight excluding hydrogens is 238 g/mol. The Morgan fingerprint density at radius 2 is 2.00 bits per heavy atom. The molecular formula is C15H23N3O. The van der Waals surface area contributed by atoms with E-state index in [-0.39, 0.29) is 11.8 Å². The largest absolute Gasteiger partial charge is 0.357 e. The molecule has 4 heteroatoms. The lowest BCUT2D eigenvalue weighted by Crippen LogP contribution is -2.25. The molecule has 2 rings (SSSR count). The summed E-state index contributed by atoms with van der Waals surface area (Å²) in [6.07, 6.45) is 6.04. The molecule has 1 heterocycles. The monoisotopic (exact) mass is 261 g/mol. The van der Waals surface area contributed by atoms with E-state index in [1.807, 2.05) is 12.1 Å². The zero-order valence-corrected chi connectivity index (χ0v) is 11.9. The molecule has 1 aromatic rings. The van der Waals surface area contributed by atoms with Crippen LogP contribution in [0.1, 0.15) is 39.5 Å². The highest BCUT2D eigenvalue weighted by Gasteiger charge is 2.29. The summed E-state index contributed by atoms with van der Waals surface area (Å²) in [5.74, 6) is 1.36. The molecule has 4 nitrogen and oxygen atoms in total. The Bertz CT molecular complexity index is 406. The zero-order chi connectivity index (χ0) is 13.7. The minimum absolute atomic E-state index is 0.133. The first-order valence-corrected chi connectivity index (χ1v) is 7.26. The van der Waals surface area contributed by atoms with Gasteiger partial charge in [-0.2, -0.15) is 0 Å². The van der Waals surface area contributed by atoms with E-state index in [1.54, 1.807) is 6.20 Å². The van der Waals surface area contributed by atoms with Gasteiger partial charge in [-0.1, -0.05) is 13.8 Å². The molecule has 0 aliphatic heterocycles. The van der Waals surface area contributed by atoms with E-state index in [9.17, 15) is 4.79 Å². The molecule has 0 saturated heterocycles. The Morgan fingerprint density at radius 1 is 1.32 bits per heavy atom. The van der Waals surface area contributed by atoms with Crippen LogP contribution >= 0.6 is 0 Å². The van der Waals surface area contributed by atoms with Crippen LogP contribution in [0, 0.1) is 5.92 Å². The average Bonchev–Trinajstić information content (AvgIpc) is 3.24. The second-order valence-corrected chi connectivity index (χ2v) is 5.16. The van der Waals surface area contributed by atoms with Crippen molar-refractivity contribution < 1.29 is 4.79 Å². The first-order chi connectivity index (χ1) is 9.24. The van der Waals surface area contributed by atoms with Gasteiger partial charge < -0.3 is 10.2 Å². The molecule has 1 N–H and O–H groups in total. The summed E-state index contributed by atoms with van der Waals surface area (Å²) in [6, 6.07) is 3.94. The predicted molar refractivity (Wildman–Crippen MR) is 78.4 cm³/mol. The molecule has 0 spiro atoms. The van der Waals surface area contributed by atoms with Gasteiger partial charge in [0.05, 0.1) is 11.9 Å². The summed E-state index contributed by atoms with van der Waals surface area (Å²) < 4.78 is 0. The molecule has 0 unspecified atom stereocenters. The van der Waals surface area contributed by atoms with Crippen LogP contribution in [-0.4, -0.2) is 24.0 Å². The Morgan fingerprint density at radius 3 is 2.47 bits per heavy atom. The van der Waals surface area contributed by atoms with Crippen LogP contribution in [0.2, 0.25) is 0 Å². The molecule has 0 atom stereocenters. The van der Waals surface area contributed by atoms with E-state index >= 15 is 0 Å². The third kappa shape index (κ3) is 3.94. The van der Waals surface area contributed by atoms with Crippen molar-refractivity contribution in [1.29, 1.82) is 0 Å². The van der Waals surface area contributed by atoms with Crippen LogP contribution in [0.15, 0.2) is 18.3 Å². The van der Waals surface area contributed by atoms with Crippen molar-refractivity contribution in [2.45, 2.75) is 39.5 Å². The zero-order valence-electron chi connectivity index (χ0n) is 11.9.